The summed E-state index contributed by atoms with van der Waals surface area (Å²) in [5.74, 6) is 0. The smallest absolute Gasteiger partial charge is 0.147 e. The van der Waals surface area contributed by atoms with Crippen LogP contribution in [0.4, 0.5) is 5.69 Å². The standard InChI is InChI=1S/C11H16N2Si/c1-13(14(2,3)4)11-7-5-6-10(8-11)9-12/h5-8H,1-4H3. The average Bonchev–Trinajstić information content (AvgIpc) is 2.15. The van der Waals surface area contributed by atoms with E-state index in [9.17, 15) is 0 Å². The fraction of sp³-hybridized carbons (Fsp3) is 0.364. The van der Waals surface area contributed by atoms with E-state index in [2.05, 4.69) is 43.4 Å². The van der Waals surface area contributed by atoms with Gasteiger partial charge in [-0.1, -0.05) is 25.7 Å². The molecule has 0 heterocycles. The van der Waals surface area contributed by atoms with Crippen molar-refractivity contribution in [3.05, 3.63) is 29.8 Å². The minimum Gasteiger partial charge on any atom is -0.401 e. The molecule has 74 valence electrons. The first kappa shape index (κ1) is 10.8. The number of nitriles is 1. The van der Waals surface area contributed by atoms with Crippen LogP contribution in [0.15, 0.2) is 24.3 Å². The Hall–Kier alpha value is -1.27. The average molecular weight is 204 g/mol. The molecule has 0 amide bonds. The maximum Gasteiger partial charge on any atom is 0.147 e. The van der Waals surface area contributed by atoms with Gasteiger partial charge in [0.2, 0.25) is 0 Å². The van der Waals surface area contributed by atoms with E-state index in [1.807, 2.05) is 18.2 Å². The molecule has 0 saturated carbocycles. The van der Waals surface area contributed by atoms with Crippen molar-refractivity contribution in [1.82, 2.24) is 0 Å². The summed E-state index contributed by atoms with van der Waals surface area (Å²) < 4.78 is 2.30. The summed E-state index contributed by atoms with van der Waals surface area (Å²) in [7, 11) is 0.787. The van der Waals surface area contributed by atoms with Crippen molar-refractivity contribution in [2.45, 2.75) is 19.6 Å². The third-order valence-electron chi connectivity index (χ3n) is 2.37. The van der Waals surface area contributed by atoms with Crippen LogP contribution in [0.5, 0.6) is 0 Å². The summed E-state index contributed by atoms with van der Waals surface area (Å²) in [5, 5.41) is 8.79. The lowest BCUT2D eigenvalue weighted by molar-refractivity contribution is 1.24. The van der Waals surface area contributed by atoms with Crippen LogP contribution in [-0.4, -0.2) is 15.3 Å². The molecule has 0 fully saturated rings. The molecule has 0 saturated heterocycles. The molecule has 0 aromatic heterocycles. The van der Waals surface area contributed by atoms with Crippen LogP contribution in [0.2, 0.25) is 19.6 Å². The SMILES string of the molecule is CN(c1cccc(C#N)c1)[Si](C)(C)C. The lowest BCUT2D eigenvalue weighted by atomic mass is 10.2. The van der Waals surface area contributed by atoms with Gasteiger partial charge in [-0.15, -0.1) is 0 Å². The molecule has 3 heteroatoms. The van der Waals surface area contributed by atoms with E-state index in [1.54, 1.807) is 0 Å². The monoisotopic (exact) mass is 204 g/mol. The number of nitrogens with zero attached hydrogens (tertiary/aromatic N) is 2. The van der Waals surface area contributed by atoms with Crippen molar-refractivity contribution in [1.29, 1.82) is 5.26 Å². The van der Waals surface area contributed by atoms with Crippen molar-refractivity contribution in [3.8, 4) is 6.07 Å². The third-order valence-corrected chi connectivity index (χ3v) is 4.64. The highest BCUT2D eigenvalue weighted by Crippen LogP contribution is 2.20. The maximum absolute atomic E-state index is 8.79. The van der Waals surface area contributed by atoms with Gasteiger partial charge < -0.3 is 4.57 Å². The molecule has 2 nitrogen and oxygen atoms in total. The van der Waals surface area contributed by atoms with Gasteiger partial charge in [0, 0.05) is 5.69 Å². The molecule has 0 aliphatic carbocycles. The summed E-state index contributed by atoms with van der Waals surface area (Å²) in [6.45, 7) is 6.85. The summed E-state index contributed by atoms with van der Waals surface area (Å²) >= 11 is 0. The molecule has 0 aliphatic heterocycles. The molecule has 0 unspecified atom stereocenters. The fourth-order valence-electron chi connectivity index (χ4n) is 1.17. The zero-order valence-electron chi connectivity index (χ0n) is 9.20. The highest BCUT2D eigenvalue weighted by molar-refractivity contribution is 6.79. The van der Waals surface area contributed by atoms with E-state index < -0.39 is 8.24 Å². The number of hydrogen-bond acceptors (Lipinski definition) is 2. The quantitative estimate of drug-likeness (QED) is 0.693. The minimum atomic E-state index is -1.31. The second-order valence-electron chi connectivity index (χ2n) is 4.39. The molecule has 1 rings (SSSR count). The first-order valence-corrected chi connectivity index (χ1v) is 8.14. The van der Waals surface area contributed by atoms with Crippen LogP contribution in [-0.2, 0) is 0 Å². The Labute approximate surface area is 86.9 Å². The van der Waals surface area contributed by atoms with Crippen molar-refractivity contribution in [2.24, 2.45) is 0 Å². The van der Waals surface area contributed by atoms with E-state index in [0.717, 1.165) is 11.3 Å². The number of hydrogen-bond donors (Lipinski definition) is 0. The highest BCUT2D eigenvalue weighted by atomic mass is 28.3. The maximum atomic E-state index is 8.79. The van der Waals surface area contributed by atoms with Crippen LogP contribution in [0.25, 0.3) is 0 Å². The Morgan fingerprint density at radius 2 is 1.93 bits per heavy atom. The molecule has 14 heavy (non-hydrogen) atoms. The lowest BCUT2D eigenvalue weighted by Crippen LogP contribution is -2.43. The molecule has 0 spiro atoms. The van der Waals surface area contributed by atoms with Crippen LogP contribution in [0, 0.1) is 11.3 Å². The summed E-state index contributed by atoms with van der Waals surface area (Å²) in [6, 6.07) is 9.93. The Balaban J connectivity index is 3.03. The molecule has 0 atom stereocenters. The first-order chi connectivity index (χ1) is 6.45. The third kappa shape index (κ3) is 2.36. The van der Waals surface area contributed by atoms with Gasteiger partial charge in [0.05, 0.1) is 11.6 Å². The topological polar surface area (TPSA) is 27.0 Å². The van der Waals surface area contributed by atoms with Crippen molar-refractivity contribution in [2.75, 3.05) is 11.6 Å². The molecule has 0 N–H and O–H groups in total. The van der Waals surface area contributed by atoms with Crippen molar-refractivity contribution in [3.63, 3.8) is 0 Å². The largest absolute Gasteiger partial charge is 0.401 e. The molecular formula is C11H16N2Si. The first-order valence-electron chi connectivity index (χ1n) is 4.69. The van der Waals surface area contributed by atoms with Crippen LogP contribution in [0.1, 0.15) is 5.56 Å². The Morgan fingerprint density at radius 1 is 1.29 bits per heavy atom. The van der Waals surface area contributed by atoms with E-state index in [-0.39, 0.29) is 0 Å². The molecule has 0 radical (unpaired) electrons. The number of anilines is 1. The fourth-order valence-corrected chi connectivity index (χ4v) is 2.09. The summed E-state index contributed by atoms with van der Waals surface area (Å²) in [6.07, 6.45) is 0. The van der Waals surface area contributed by atoms with Crippen molar-refractivity contribution < 1.29 is 0 Å². The van der Waals surface area contributed by atoms with E-state index >= 15 is 0 Å². The van der Waals surface area contributed by atoms with E-state index in [0.29, 0.717) is 0 Å². The van der Waals surface area contributed by atoms with Crippen LogP contribution >= 0.6 is 0 Å². The lowest BCUT2D eigenvalue weighted by Gasteiger charge is -2.32. The summed E-state index contributed by atoms with van der Waals surface area (Å²) in [4.78, 5) is 0. The predicted octanol–water partition coefficient (Wildman–Crippen LogP) is 2.83. The second-order valence-corrected chi connectivity index (χ2v) is 9.40. The molecule has 0 aliphatic rings. The van der Waals surface area contributed by atoms with Gasteiger partial charge in [0.1, 0.15) is 8.24 Å². The zero-order valence-corrected chi connectivity index (χ0v) is 10.2. The van der Waals surface area contributed by atoms with Gasteiger partial charge >= 0.3 is 0 Å². The molecule has 1 aromatic rings. The van der Waals surface area contributed by atoms with Crippen molar-refractivity contribution >= 4 is 13.9 Å². The van der Waals surface area contributed by atoms with Gasteiger partial charge in [-0.05, 0) is 25.2 Å². The van der Waals surface area contributed by atoms with Crippen LogP contribution < -0.4 is 4.57 Å². The van der Waals surface area contributed by atoms with Gasteiger partial charge in [0.15, 0.2) is 0 Å². The highest BCUT2D eigenvalue weighted by Gasteiger charge is 2.20. The number of rotatable bonds is 2. The molecular weight excluding hydrogens is 188 g/mol. The van der Waals surface area contributed by atoms with Gasteiger partial charge in [0.25, 0.3) is 0 Å². The minimum absolute atomic E-state index is 0.729. The Bertz CT molecular complexity index is 360. The zero-order chi connectivity index (χ0) is 10.8. The van der Waals surface area contributed by atoms with Gasteiger partial charge in [-0.3, -0.25) is 0 Å². The Kier molecular flexibility index (Phi) is 2.97. The number of benzene rings is 1. The van der Waals surface area contributed by atoms with Crippen LogP contribution in [0.3, 0.4) is 0 Å². The second kappa shape index (κ2) is 3.85. The predicted molar refractivity (Wildman–Crippen MR) is 62.9 cm³/mol. The molecule has 0 bridgehead atoms. The normalized spacial score (nSPS) is 10.8. The van der Waals surface area contributed by atoms with Gasteiger partial charge in [-0.25, -0.2) is 0 Å². The summed E-state index contributed by atoms with van der Waals surface area (Å²) in [5.41, 5.74) is 1.87. The van der Waals surface area contributed by atoms with Gasteiger partial charge in [-0.2, -0.15) is 5.26 Å². The molecule has 1 aromatic carbocycles. The Morgan fingerprint density at radius 3 is 2.43 bits per heavy atom. The van der Waals surface area contributed by atoms with E-state index in [1.165, 1.54) is 0 Å². The van der Waals surface area contributed by atoms with E-state index in [4.69, 9.17) is 5.26 Å².